The third kappa shape index (κ3) is 3.71. The number of halogens is 1. The van der Waals surface area contributed by atoms with Crippen LogP contribution in [0.4, 0.5) is 0 Å². The molecule has 106 valence electrons. The molecule has 2 unspecified atom stereocenters. The van der Waals surface area contributed by atoms with Gasteiger partial charge in [0.1, 0.15) is 5.75 Å². The highest BCUT2D eigenvalue weighted by molar-refractivity contribution is 9.10. The zero-order chi connectivity index (χ0) is 13.8. The molecule has 0 saturated carbocycles. The summed E-state index contributed by atoms with van der Waals surface area (Å²) in [7, 11) is 3.50. The van der Waals surface area contributed by atoms with E-state index in [9.17, 15) is 0 Å². The zero-order valence-corrected chi connectivity index (χ0v) is 13.4. The van der Waals surface area contributed by atoms with Crippen molar-refractivity contribution in [1.29, 1.82) is 0 Å². The van der Waals surface area contributed by atoms with Crippen molar-refractivity contribution in [3.63, 3.8) is 0 Å². The fourth-order valence-corrected chi connectivity index (χ4v) is 3.26. The molecule has 1 aromatic carbocycles. The van der Waals surface area contributed by atoms with Crippen LogP contribution in [0.5, 0.6) is 5.75 Å². The van der Waals surface area contributed by atoms with E-state index in [-0.39, 0.29) is 0 Å². The monoisotopic (exact) mass is 327 g/mol. The summed E-state index contributed by atoms with van der Waals surface area (Å²) in [6.45, 7) is 4.37. The summed E-state index contributed by atoms with van der Waals surface area (Å²) in [4.78, 5) is 2.52. The van der Waals surface area contributed by atoms with E-state index in [1.165, 1.54) is 5.56 Å². The van der Waals surface area contributed by atoms with E-state index < -0.39 is 0 Å². The van der Waals surface area contributed by atoms with Crippen LogP contribution in [0.15, 0.2) is 22.7 Å². The Morgan fingerprint density at radius 1 is 1.37 bits per heavy atom. The largest absolute Gasteiger partial charge is 0.496 e. The molecular weight excluding hydrogens is 306 g/mol. The molecule has 0 bridgehead atoms. The van der Waals surface area contributed by atoms with Crippen LogP contribution in [0, 0.1) is 0 Å². The summed E-state index contributed by atoms with van der Waals surface area (Å²) in [6.07, 6.45) is 2.67. The summed E-state index contributed by atoms with van der Waals surface area (Å²) in [6, 6.07) is 6.87. The zero-order valence-electron chi connectivity index (χ0n) is 11.9. The Morgan fingerprint density at radius 2 is 2.16 bits per heavy atom. The van der Waals surface area contributed by atoms with E-state index in [4.69, 9.17) is 9.47 Å². The smallest absolute Gasteiger partial charge is 0.133 e. The molecule has 0 aliphatic carbocycles. The highest BCUT2D eigenvalue weighted by atomic mass is 79.9. The molecule has 0 aromatic heterocycles. The van der Waals surface area contributed by atoms with Gasteiger partial charge in [0.2, 0.25) is 0 Å². The van der Waals surface area contributed by atoms with E-state index in [1.54, 1.807) is 7.11 Å². The normalized spacial score (nSPS) is 24.4. The molecule has 3 nitrogen and oxygen atoms in total. The van der Waals surface area contributed by atoms with Gasteiger partial charge in [0.05, 0.1) is 17.7 Å². The first-order valence-corrected chi connectivity index (χ1v) is 7.52. The summed E-state index contributed by atoms with van der Waals surface area (Å²) >= 11 is 3.54. The Morgan fingerprint density at radius 3 is 2.74 bits per heavy atom. The third-order valence-corrected chi connectivity index (χ3v) is 4.52. The first-order valence-electron chi connectivity index (χ1n) is 6.73. The van der Waals surface area contributed by atoms with Gasteiger partial charge in [-0.25, -0.2) is 0 Å². The number of hydrogen-bond donors (Lipinski definition) is 0. The maximum atomic E-state index is 5.46. The molecule has 1 aliphatic heterocycles. The van der Waals surface area contributed by atoms with Gasteiger partial charge >= 0.3 is 0 Å². The van der Waals surface area contributed by atoms with Gasteiger partial charge in [-0.2, -0.15) is 0 Å². The molecule has 1 saturated heterocycles. The lowest BCUT2D eigenvalue weighted by Gasteiger charge is -2.37. The topological polar surface area (TPSA) is 21.7 Å². The molecule has 0 spiro atoms. The first kappa shape index (κ1) is 14.8. The molecule has 1 fully saturated rings. The Kier molecular flexibility index (Phi) is 5.25. The van der Waals surface area contributed by atoms with Crippen LogP contribution >= 0.6 is 15.9 Å². The number of nitrogens with zero attached hydrogens (tertiary/aromatic N) is 1. The van der Waals surface area contributed by atoms with Crippen molar-refractivity contribution in [1.82, 2.24) is 4.90 Å². The molecular formula is C15H22BrNO2. The molecule has 1 heterocycles. The van der Waals surface area contributed by atoms with Gasteiger partial charge in [0.15, 0.2) is 0 Å². The predicted molar refractivity (Wildman–Crippen MR) is 80.6 cm³/mol. The highest BCUT2D eigenvalue weighted by Gasteiger charge is 2.25. The molecule has 19 heavy (non-hydrogen) atoms. The van der Waals surface area contributed by atoms with Gasteiger partial charge in [-0.15, -0.1) is 0 Å². The molecule has 2 rings (SSSR count). The fourth-order valence-electron chi connectivity index (χ4n) is 2.67. The summed E-state index contributed by atoms with van der Waals surface area (Å²) in [5.74, 6) is 0.884. The second-order valence-electron chi connectivity index (χ2n) is 5.17. The van der Waals surface area contributed by atoms with Gasteiger partial charge in [-0.05, 0) is 53.4 Å². The maximum absolute atomic E-state index is 5.46. The number of piperidine rings is 1. The summed E-state index contributed by atoms with van der Waals surface area (Å²) in [5.41, 5.74) is 1.32. The number of hydrogen-bond acceptors (Lipinski definition) is 3. The number of ether oxygens (including phenoxy) is 2. The predicted octanol–water partition coefficient (Wildman–Crippen LogP) is 3.46. The van der Waals surface area contributed by atoms with Crippen LogP contribution in [0.1, 0.15) is 25.3 Å². The van der Waals surface area contributed by atoms with E-state index in [0.29, 0.717) is 12.1 Å². The number of benzene rings is 1. The van der Waals surface area contributed by atoms with E-state index in [1.807, 2.05) is 13.2 Å². The minimum atomic E-state index is 0.425. The minimum Gasteiger partial charge on any atom is -0.496 e. The quantitative estimate of drug-likeness (QED) is 0.845. The van der Waals surface area contributed by atoms with Crippen molar-refractivity contribution >= 4 is 15.9 Å². The minimum absolute atomic E-state index is 0.425. The van der Waals surface area contributed by atoms with Crippen molar-refractivity contribution in [3.05, 3.63) is 28.2 Å². The highest BCUT2D eigenvalue weighted by Crippen LogP contribution is 2.27. The molecule has 4 heteroatoms. The van der Waals surface area contributed by atoms with E-state index >= 15 is 0 Å². The summed E-state index contributed by atoms with van der Waals surface area (Å²) in [5, 5.41) is 0. The number of likely N-dealkylation sites (tertiary alicyclic amines) is 1. The Balaban J connectivity index is 1.99. The lowest BCUT2D eigenvalue weighted by molar-refractivity contribution is 0.0129. The van der Waals surface area contributed by atoms with Gasteiger partial charge in [0, 0.05) is 26.2 Å². The average Bonchev–Trinajstić information content (AvgIpc) is 2.41. The summed E-state index contributed by atoms with van der Waals surface area (Å²) < 4.78 is 11.7. The third-order valence-electron chi connectivity index (χ3n) is 3.90. The molecule has 0 amide bonds. The molecule has 2 atom stereocenters. The van der Waals surface area contributed by atoms with Crippen LogP contribution in [0.25, 0.3) is 0 Å². The first-order chi connectivity index (χ1) is 9.13. The Bertz CT molecular complexity index is 425. The Labute approximate surface area is 124 Å². The van der Waals surface area contributed by atoms with Gasteiger partial charge in [-0.3, -0.25) is 4.90 Å². The second-order valence-corrected chi connectivity index (χ2v) is 6.02. The van der Waals surface area contributed by atoms with Gasteiger partial charge < -0.3 is 9.47 Å². The van der Waals surface area contributed by atoms with Crippen LogP contribution in [0.2, 0.25) is 0 Å². The van der Waals surface area contributed by atoms with E-state index in [2.05, 4.69) is 39.9 Å². The van der Waals surface area contributed by atoms with Crippen LogP contribution < -0.4 is 4.74 Å². The van der Waals surface area contributed by atoms with Crippen LogP contribution in [-0.2, 0) is 11.3 Å². The molecule has 1 aromatic rings. The lowest BCUT2D eigenvalue weighted by atomic mass is 10.00. The van der Waals surface area contributed by atoms with Crippen LogP contribution in [-0.4, -0.2) is 37.8 Å². The lowest BCUT2D eigenvalue weighted by Crippen LogP contribution is -2.42. The standard InChI is InChI=1S/C15H22BrNO2/c1-11-8-13(18-2)6-7-17(11)10-12-4-5-15(19-3)14(16)9-12/h4-5,9,11,13H,6-8,10H2,1-3H3. The molecule has 0 N–H and O–H groups in total. The van der Waals surface area contributed by atoms with Gasteiger partial charge in [0.25, 0.3) is 0 Å². The average molecular weight is 328 g/mol. The molecule has 0 radical (unpaired) electrons. The van der Waals surface area contributed by atoms with Crippen molar-refractivity contribution in [3.8, 4) is 5.75 Å². The maximum Gasteiger partial charge on any atom is 0.133 e. The van der Waals surface area contributed by atoms with Crippen molar-refractivity contribution in [2.75, 3.05) is 20.8 Å². The SMILES string of the molecule is COc1ccc(CN2CCC(OC)CC2C)cc1Br. The Hall–Kier alpha value is -0.580. The fraction of sp³-hybridized carbons (Fsp3) is 0.600. The second kappa shape index (κ2) is 6.73. The molecule has 1 aliphatic rings. The van der Waals surface area contributed by atoms with Crippen LogP contribution in [0.3, 0.4) is 0 Å². The number of methoxy groups -OCH3 is 2. The van der Waals surface area contributed by atoms with E-state index in [0.717, 1.165) is 36.2 Å². The van der Waals surface area contributed by atoms with Crippen molar-refractivity contribution < 1.29 is 9.47 Å². The number of rotatable bonds is 4. The van der Waals surface area contributed by atoms with Crippen molar-refractivity contribution in [2.24, 2.45) is 0 Å². The van der Waals surface area contributed by atoms with Crippen molar-refractivity contribution in [2.45, 2.75) is 38.5 Å². The van der Waals surface area contributed by atoms with Gasteiger partial charge in [-0.1, -0.05) is 6.07 Å².